The fourth-order valence-electron chi connectivity index (χ4n) is 1.21. The van der Waals surface area contributed by atoms with E-state index in [1.54, 1.807) is 11.3 Å². The van der Waals surface area contributed by atoms with Crippen LogP contribution in [0.2, 0.25) is 0 Å². The van der Waals surface area contributed by atoms with Gasteiger partial charge in [-0.15, -0.1) is 11.3 Å². The van der Waals surface area contributed by atoms with Crippen LogP contribution in [0.3, 0.4) is 0 Å². The van der Waals surface area contributed by atoms with E-state index in [4.69, 9.17) is 0 Å². The van der Waals surface area contributed by atoms with Crippen LogP contribution in [0, 0.1) is 0 Å². The Labute approximate surface area is 88.2 Å². The molecule has 0 atom stereocenters. The Morgan fingerprint density at radius 1 is 1.31 bits per heavy atom. The summed E-state index contributed by atoms with van der Waals surface area (Å²) in [5.74, 6) is 0. The molecule has 0 aliphatic rings. The molecule has 2 rings (SSSR count). The van der Waals surface area contributed by atoms with Crippen LogP contribution in [0.15, 0.2) is 34.4 Å². The van der Waals surface area contributed by atoms with Gasteiger partial charge in [0.15, 0.2) is 5.43 Å². The maximum absolute atomic E-state index is 11.7. The van der Waals surface area contributed by atoms with E-state index >= 15 is 0 Å². The van der Waals surface area contributed by atoms with E-state index < -0.39 is 0 Å². The molecule has 3 heteroatoms. The van der Waals surface area contributed by atoms with Crippen molar-refractivity contribution >= 4 is 37.4 Å². The van der Waals surface area contributed by atoms with Crippen molar-refractivity contribution in [1.82, 2.24) is 0 Å². The molecule has 0 saturated carbocycles. The standard InChI is InChI=1S/C10H7BrOS/c11-5-7-6-13-9-4-2-1-3-8(9)10(7)12/h1-4,6H,5H2. The van der Waals surface area contributed by atoms with Gasteiger partial charge in [0.1, 0.15) is 0 Å². The summed E-state index contributed by atoms with van der Waals surface area (Å²) in [6.07, 6.45) is 0. The number of hydrogen-bond donors (Lipinski definition) is 0. The lowest BCUT2D eigenvalue weighted by Gasteiger charge is -1.97. The summed E-state index contributed by atoms with van der Waals surface area (Å²) in [4.78, 5) is 11.7. The highest BCUT2D eigenvalue weighted by molar-refractivity contribution is 9.08. The van der Waals surface area contributed by atoms with Crippen molar-refractivity contribution in [3.05, 3.63) is 45.4 Å². The lowest BCUT2D eigenvalue weighted by molar-refractivity contribution is 1.43. The highest BCUT2D eigenvalue weighted by Crippen LogP contribution is 2.17. The molecule has 0 unspecified atom stereocenters. The van der Waals surface area contributed by atoms with E-state index in [2.05, 4.69) is 15.9 Å². The largest absolute Gasteiger partial charge is 0.289 e. The maximum atomic E-state index is 11.7. The molecule has 0 spiro atoms. The molecule has 1 heterocycles. The normalized spacial score (nSPS) is 10.5. The van der Waals surface area contributed by atoms with Gasteiger partial charge in [0.05, 0.1) is 0 Å². The van der Waals surface area contributed by atoms with Crippen LogP contribution in [0.5, 0.6) is 0 Å². The van der Waals surface area contributed by atoms with Gasteiger partial charge in [0, 0.05) is 21.0 Å². The fourth-order valence-corrected chi connectivity index (χ4v) is 2.75. The lowest BCUT2D eigenvalue weighted by Crippen LogP contribution is -2.05. The van der Waals surface area contributed by atoms with Crippen molar-refractivity contribution < 1.29 is 0 Å². The molecule has 1 aromatic heterocycles. The molecule has 66 valence electrons. The molecular formula is C10H7BrOS. The van der Waals surface area contributed by atoms with Crippen molar-refractivity contribution in [2.24, 2.45) is 0 Å². The number of fused-ring (bicyclic) bond motifs is 1. The minimum Gasteiger partial charge on any atom is -0.289 e. The minimum absolute atomic E-state index is 0.145. The summed E-state index contributed by atoms with van der Waals surface area (Å²) in [5, 5.41) is 3.37. The quantitative estimate of drug-likeness (QED) is 0.715. The molecular weight excluding hydrogens is 248 g/mol. The van der Waals surface area contributed by atoms with Crippen molar-refractivity contribution in [2.45, 2.75) is 5.33 Å². The SMILES string of the molecule is O=c1c(CBr)csc2ccccc12. The monoisotopic (exact) mass is 254 g/mol. The van der Waals surface area contributed by atoms with E-state index in [-0.39, 0.29) is 5.43 Å². The number of benzene rings is 1. The zero-order valence-electron chi connectivity index (χ0n) is 6.79. The highest BCUT2D eigenvalue weighted by atomic mass is 79.9. The topological polar surface area (TPSA) is 17.1 Å². The van der Waals surface area contributed by atoms with Gasteiger partial charge in [-0.3, -0.25) is 4.79 Å². The Bertz CT molecular complexity index is 489. The Balaban J connectivity index is 2.87. The first-order valence-corrected chi connectivity index (χ1v) is 5.88. The van der Waals surface area contributed by atoms with E-state index in [0.717, 1.165) is 15.6 Å². The average Bonchev–Trinajstić information content (AvgIpc) is 2.19. The summed E-state index contributed by atoms with van der Waals surface area (Å²) in [6, 6.07) is 7.69. The predicted octanol–water partition coefficient (Wildman–Crippen LogP) is 3.16. The zero-order valence-corrected chi connectivity index (χ0v) is 9.19. The molecule has 1 aromatic carbocycles. The molecule has 0 bridgehead atoms. The van der Waals surface area contributed by atoms with E-state index in [1.807, 2.05) is 29.6 Å². The second-order valence-corrected chi connectivity index (χ2v) is 4.19. The first-order chi connectivity index (χ1) is 6.33. The second-order valence-electron chi connectivity index (χ2n) is 2.72. The molecule has 0 amide bonds. The molecule has 0 fully saturated rings. The lowest BCUT2D eigenvalue weighted by atomic mass is 10.2. The van der Waals surface area contributed by atoms with Crippen molar-refractivity contribution in [1.29, 1.82) is 0 Å². The number of halogens is 1. The first-order valence-electron chi connectivity index (χ1n) is 3.88. The molecule has 2 aromatic rings. The van der Waals surface area contributed by atoms with Gasteiger partial charge >= 0.3 is 0 Å². The molecule has 0 aliphatic heterocycles. The van der Waals surface area contributed by atoms with Gasteiger partial charge in [-0.2, -0.15) is 0 Å². The second kappa shape index (κ2) is 3.60. The van der Waals surface area contributed by atoms with E-state index in [9.17, 15) is 4.79 Å². The third-order valence-corrected chi connectivity index (χ3v) is 3.51. The molecule has 1 nitrogen and oxygen atoms in total. The molecule has 0 N–H and O–H groups in total. The Morgan fingerprint density at radius 3 is 2.85 bits per heavy atom. The van der Waals surface area contributed by atoms with Crippen molar-refractivity contribution in [3.8, 4) is 0 Å². The van der Waals surface area contributed by atoms with Crippen LogP contribution in [0.25, 0.3) is 10.1 Å². The van der Waals surface area contributed by atoms with Gasteiger partial charge in [-0.25, -0.2) is 0 Å². The molecule has 13 heavy (non-hydrogen) atoms. The summed E-state index contributed by atoms with van der Waals surface area (Å²) in [7, 11) is 0. The Hall–Kier alpha value is -0.670. The van der Waals surface area contributed by atoms with Crippen LogP contribution >= 0.6 is 27.3 Å². The third kappa shape index (κ3) is 1.54. The average molecular weight is 255 g/mol. The summed E-state index contributed by atoms with van der Waals surface area (Å²) in [5.41, 5.74) is 0.981. The van der Waals surface area contributed by atoms with Crippen molar-refractivity contribution in [3.63, 3.8) is 0 Å². The summed E-state index contributed by atoms with van der Waals surface area (Å²) in [6.45, 7) is 0. The summed E-state index contributed by atoms with van der Waals surface area (Å²) < 4.78 is 1.05. The maximum Gasteiger partial charge on any atom is 0.192 e. The number of hydrogen-bond acceptors (Lipinski definition) is 2. The minimum atomic E-state index is 0.145. The van der Waals surface area contributed by atoms with Crippen LogP contribution in [-0.4, -0.2) is 0 Å². The van der Waals surface area contributed by atoms with Crippen molar-refractivity contribution in [2.75, 3.05) is 0 Å². The molecule has 0 saturated heterocycles. The van der Waals surface area contributed by atoms with Gasteiger partial charge in [0.2, 0.25) is 0 Å². The number of alkyl halides is 1. The number of rotatable bonds is 1. The van der Waals surface area contributed by atoms with Crippen LogP contribution in [0.1, 0.15) is 5.56 Å². The van der Waals surface area contributed by atoms with Gasteiger partial charge < -0.3 is 0 Å². The van der Waals surface area contributed by atoms with E-state index in [1.165, 1.54) is 0 Å². The Morgan fingerprint density at radius 2 is 2.08 bits per heavy atom. The van der Waals surface area contributed by atoms with Gasteiger partial charge in [-0.1, -0.05) is 28.1 Å². The molecule has 0 radical (unpaired) electrons. The highest BCUT2D eigenvalue weighted by Gasteiger charge is 2.02. The van der Waals surface area contributed by atoms with Crippen LogP contribution in [-0.2, 0) is 5.33 Å². The third-order valence-electron chi connectivity index (χ3n) is 1.90. The smallest absolute Gasteiger partial charge is 0.192 e. The first kappa shape index (κ1) is 8.91. The Kier molecular flexibility index (Phi) is 2.47. The molecule has 0 aliphatic carbocycles. The summed E-state index contributed by atoms with van der Waals surface area (Å²) >= 11 is 4.91. The van der Waals surface area contributed by atoms with E-state index in [0.29, 0.717) is 5.33 Å². The van der Waals surface area contributed by atoms with Gasteiger partial charge in [0.25, 0.3) is 0 Å². The van der Waals surface area contributed by atoms with Crippen LogP contribution in [0.4, 0.5) is 0 Å². The fraction of sp³-hybridized carbons (Fsp3) is 0.100. The van der Waals surface area contributed by atoms with Crippen LogP contribution < -0.4 is 5.43 Å². The zero-order chi connectivity index (χ0) is 9.26. The predicted molar refractivity (Wildman–Crippen MR) is 60.7 cm³/mol. The van der Waals surface area contributed by atoms with Gasteiger partial charge in [-0.05, 0) is 17.5 Å².